The highest BCUT2D eigenvalue weighted by Gasteiger charge is 2.33. The molecule has 4 nitrogen and oxygen atoms in total. The molecule has 1 aromatic rings. The molecule has 0 radical (unpaired) electrons. The van der Waals surface area contributed by atoms with Gasteiger partial charge in [0.2, 0.25) is 0 Å². The third-order valence-electron chi connectivity index (χ3n) is 4.25. The molecular weight excluding hydrogens is 228 g/mol. The Kier molecular flexibility index (Phi) is 3.12. The summed E-state index contributed by atoms with van der Waals surface area (Å²) in [7, 11) is 2.18. The Morgan fingerprint density at radius 3 is 3.00 bits per heavy atom. The number of amides is 1. The summed E-state index contributed by atoms with van der Waals surface area (Å²) in [6.45, 7) is 2.83. The van der Waals surface area contributed by atoms with Crippen molar-refractivity contribution >= 4 is 5.91 Å². The van der Waals surface area contributed by atoms with E-state index in [1.54, 1.807) is 18.4 Å². The molecule has 18 heavy (non-hydrogen) atoms. The Balaban J connectivity index is 1.80. The van der Waals surface area contributed by atoms with Crippen LogP contribution in [0.25, 0.3) is 0 Å². The van der Waals surface area contributed by atoms with Crippen molar-refractivity contribution in [1.29, 1.82) is 0 Å². The summed E-state index contributed by atoms with van der Waals surface area (Å²) in [5, 5.41) is 0. The van der Waals surface area contributed by atoms with E-state index in [0.717, 1.165) is 19.6 Å². The predicted molar refractivity (Wildman–Crippen MR) is 68.4 cm³/mol. The minimum Gasteiger partial charge on any atom is -0.459 e. The predicted octanol–water partition coefficient (Wildman–Crippen LogP) is 1.84. The smallest absolute Gasteiger partial charge is 0.289 e. The minimum atomic E-state index is 0.0483. The summed E-state index contributed by atoms with van der Waals surface area (Å²) in [4.78, 5) is 16.8. The molecule has 0 unspecified atom stereocenters. The zero-order valence-electron chi connectivity index (χ0n) is 10.8. The van der Waals surface area contributed by atoms with Crippen LogP contribution in [0, 0.1) is 5.92 Å². The van der Waals surface area contributed by atoms with Crippen LogP contribution in [-0.2, 0) is 0 Å². The molecule has 2 atom stereocenters. The highest BCUT2D eigenvalue weighted by molar-refractivity contribution is 5.91. The van der Waals surface area contributed by atoms with E-state index in [4.69, 9.17) is 4.42 Å². The lowest BCUT2D eigenvalue weighted by atomic mass is 9.99. The lowest BCUT2D eigenvalue weighted by Crippen LogP contribution is -2.41. The first-order chi connectivity index (χ1) is 8.74. The summed E-state index contributed by atoms with van der Waals surface area (Å²) in [6, 6.07) is 4.04. The van der Waals surface area contributed by atoms with Gasteiger partial charge in [0.25, 0.3) is 5.91 Å². The normalized spacial score (nSPS) is 29.1. The zero-order chi connectivity index (χ0) is 12.5. The summed E-state index contributed by atoms with van der Waals surface area (Å²) < 4.78 is 5.23. The van der Waals surface area contributed by atoms with Crippen LogP contribution >= 0.6 is 0 Å². The lowest BCUT2D eigenvalue weighted by molar-refractivity contribution is 0.0678. The van der Waals surface area contributed by atoms with Gasteiger partial charge >= 0.3 is 0 Å². The van der Waals surface area contributed by atoms with Crippen molar-refractivity contribution in [3.63, 3.8) is 0 Å². The minimum absolute atomic E-state index is 0.0483. The van der Waals surface area contributed by atoms with Crippen LogP contribution in [0.4, 0.5) is 0 Å². The van der Waals surface area contributed by atoms with E-state index in [2.05, 4.69) is 11.9 Å². The van der Waals surface area contributed by atoms with Crippen molar-refractivity contribution in [2.45, 2.75) is 25.3 Å². The van der Waals surface area contributed by atoms with Crippen LogP contribution in [0.3, 0.4) is 0 Å². The van der Waals surface area contributed by atoms with Crippen LogP contribution in [0.5, 0.6) is 0 Å². The van der Waals surface area contributed by atoms with Gasteiger partial charge in [-0.15, -0.1) is 0 Å². The van der Waals surface area contributed by atoms with Gasteiger partial charge in [0.1, 0.15) is 0 Å². The third kappa shape index (κ3) is 2.17. The molecule has 2 aliphatic heterocycles. The van der Waals surface area contributed by atoms with Gasteiger partial charge in [-0.2, -0.15) is 0 Å². The van der Waals surface area contributed by atoms with E-state index in [9.17, 15) is 4.79 Å². The summed E-state index contributed by atoms with van der Waals surface area (Å²) in [6.07, 6.45) is 5.30. The number of furan rings is 1. The van der Waals surface area contributed by atoms with Crippen molar-refractivity contribution in [2.24, 2.45) is 5.92 Å². The molecule has 2 saturated heterocycles. The van der Waals surface area contributed by atoms with Gasteiger partial charge in [0.15, 0.2) is 5.76 Å². The molecule has 2 aliphatic rings. The third-order valence-corrected chi connectivity index (χ3v) is 4.25. The number of carbonyl (C=O) groups excluding carboxylic acids is 1. The Bertz CT molecular complexity index is 415. The average Bonchev–Trinajstić information content (AvgIpc) is 2.74. The standard InChI is InChI=1S/C14H20N2O2/c1-15-8-11-4-2-5-12(15)10-16(9-11)14(17)13-6-3-7-18-13/h3,6-7,11-12H,2,4-5,8-10H2,1H3/t11-,12-/m0/s1. The number of nitrogens with zero attached hydrogens (tertiary/aromatic N) is 2. The number of hydrogen-bond donors (Lipinski definition) is 0. The zero-order valence-corrected chi connectivity index (χ0v) is 10.8. The fourth-order valence-corrected chi connectivity index (χ4v) is 3.25. The molecule has 0 spiro atoms. The molecule has 3 heterocycles. The number of rotatable bonds is 1. The van der Waals surface area contributed by atoms with E-state index >= 15 is 0 Å². The fraction of sp³-hybridized carbons (Fsp3) is 0.643. The lowest BCUT2D eigenvalue weighted by Gasteiger charge is -2.29. The molecule has 0 N–H and O–H groups in total. The topological polar surface area (TPSA) is 36.7 Å². The van der Waals surface area contributed by atoms with E-state index in [1.807, 2.05) is 4.90 Å². The molecule has 4 heteroatoms. The van der Waals surface area contributed by atoms with Gasteiger partial charge in [-0.05, 0) is 37.9 Å². The highest BCUT2D eigenvalue weighted by Crippen LogP contribution is 2.26. The number of carbonyl (C=O) groups is 1. The molecule has 0 aromatic carbocycles. The molecule has 0 aliphatic carbocycles. The maximum atomic E-state index is 12.4. The second kappa shape index (κ2) is 4.76. The van der Waals surface area contributed by atoms with Gasteiger partial charge in [-0.3, -0.25) is 4.79 Å². The van der Waals surface area contributed by atoms with Crippen molar-refractivity contribution in [3.8, 4) is 0 Å². The molecule has 98 valence electrons. The van der Waals surface area contributed by atoms with Crippen LogP contribution in [0.2, 0.25) is 0 Å². The van der Waals surface area contributed by atoms with Crippen molar-refractivity contribution in [1.82, 2.24) is 9.80 Å². The Morgan fingerprint density at radius 1 is 1.33 bits per heavy atom. The summed E-state index contributed by atoms with van der Waals surface area (Å²) in [5.74, 6) is 1.13. The number of likely N-dealkylation sites (tertiary alicyclic amines) is 1. The SMILES string of the molecule is CN1C[C@@H]2CCC[C@H]1CN(C(=O)c1ccco1)C2. The maximum absolute atomic E-state index is 12.4. The molecule has 1 amide bonds. The highest BCUT2D eigenvalue weighted by atomic mass is 16.3. The fourth-order valence-electron chi connectivity index (χ4n) is 3.25. The monoisotopic (exact) mass is 248 g/mol. The van der Waals surface area contributed by atoms with E-state index in [-0.39, 0.29) is 5.91 Å². The maximum Gasteiger partial charge on any atom is 0.289 e. The van der Waals surface area contributed by atoms with E-state index in [0.29, 0.717) is 17.7 Å². The van der Waals surface area contributed by atoms with E-state index in [1.165, 1.54) is 19.3 Å². The van der Waals surface area contributed by atoms with Crippen LogP contribution in [-0.4, -0.2) is 48.4 Å². The van der Waals surface area contributed by atoms with Crippen molar-refractivity contribution in [3.05, 3.63) is 24.2 Å². The van der Waals surface area contributed by atoms with Crippen molar-refractivity contribution < 1.29 is 9.21 Å². The quantitative estimate of drug-likeness (QED) is 0.761. The van der Waals surface area contributed by atoms with Crippen LogP contribution < -0.4 is 0 Å². The molecule has 1 aromatic heterocycles. The van der Waals surface area contributed by atoms with Gasteiger partial charge in [-0.25, -0.2) is 0 Å². The van der Waals surface area contributed by atoms with Crippen molar-refractivity contribution in [2.75, 3.05) is 26.7 Å². The molecular formula is C14H20N2O2. The van der Waals surface area contributed by atoms with Crippen LogP contribution in [0.1, 0.15) is 29.8 Å². The first-order valence-electron chi connectivity index (χ1n) is 6.77. The van der Waals surface area contributed by atoms with Gasteiger partial charge in [-0.1, -0.05) is 6.42 Å². The second-order valence-corrected chi connectivity index (χ2v) is 5.58. The Hall–Kier alpha value is -1.29. The number of likely N-dealkylation sites (N-methyl/N-ethyl adjacent to an activating group) is 1. The largest absolute Gasteiger partial charge is 0.459 e. The Labute approximate surface area is 108 Å². The summed E-state index contributed by atoms with van der Waals surface area (Å²) >= 11 is 0. The average molecular weight is 248 g/mol. The molecule has 2 fully saturated rings. The Morgan fingerprint density at radius 2 is 2.22 bits per heavy atom. The first-order valence-corrected chi connectivity index (χ1v) is 6.77. The second-order valence-electron chi connectivity index (χ2n) is 5.58. The van der Waals surface area contributed by atoms with Crippen LogP contribution in [0.15, 0.2) is 22.8 Å². The molecule has 2 bridgehead atoms. The van der Waals surface area contributed by atoms with Gasteiger partial charge in [0, 0.05) is 25.7 Å². The van der Waals surface area contributed by atoms with E-state index < -0.39 is 0 Å². The van der Waals surface area contributed by atoms with Gasteiger partial charge in [0.05, 0.1) is 6.26 Å². The number of fused-ring (bicyclic) bond motifs is 3. The van der Waals surface area contributed by atoms with Gasteiger partial charge < -0.3 is 14.2 Å². The molecule has 0 saturated carbocycles. The molecule has 3 rings (SSSR count). The first kappa shape index (κ1) is 11.8. The summed E-state index contributed by atoms with van der Waals surface area (Å²) in [5.41, 5.74) is 0. The number of hydrogen-bond acceptors (Lipinski definition) is 3.